The first-order chi connectivity index (χ1) is 6.81. The van der Waals surface area contributed by atoms with Crippen molar-refractivity contribution in [2.24, 2.45) is 23.7 Å². The van der Waals surface area contributed by atoms with Crippen molar-refractivity contribution in [3.63, 3.8) is 0 Å². The maximum Gasteiger partial charge on any atom is -0.0161 e. The van der Waals surface area contributed by atoms with E-state index in [9.17, 15) is 0 Å². The van der Waals surface area contributed by atoms with Crippen LogP contribution in [0, 0.1) is 23.7 Å². The Morgan fingerprint density at radius 2 is 1.71 bits per heavy atom. The van der Waals surface area contributed by atoms with E-state index in [0.717, 1.165) is 23.7 Å². The lowest BCUT2D eigenvalue weighted by molar-refractivity contribution is 0.210. The summed E-state index contributed by atoms with van der Waals surface area (Å²) < 4.78 is 0. The van der Waals surface area contributed by atoms with Crippen molar-refractivity contribution >= 4 is 0 Å². The van der Waals surface area contributed by atoms with Gasteiger partial charge in [-0.25, -0.2) is 0 Å². The highest BCUT2D eigenvalue weighted by Crippen LogP contribution is 2.41. The maximum atomic E-state index is 2.40. The second-order valence-electron chi connectivity index (χ2n) is 4.74. The minimum atomic E-state index is 0.803. The average Bonchev–Trinajstić information content (AvgIpc) is 2.19. The first kappa shape index (κ1) is 9.76. The van der Waals surface area contributed by atoms with E-state index in [1.165, 1.54) is 12.8 Å². The molecule has 2 rings (SSSR count). The van der Waals surface area contributed by atoms with Gasteiger partial charge in [-0.15, -0.1) is 0 Å². The van der Waals surface area contributed by atoms with Crippen molar-refractivity contribution in [2.75, 3.05) is 0 Å². The van der Waals surface area contributed by atoms with Gasteiger partial charge in [-0.05, 0) is 43.4 Å². The van der Waals surface area contributed by atoms with Crippen molar-refractivity contribution in [3.05, 3.63) is 36.5 Å². The predicted octanol–water partition coefficient (Wildman–Crippen LogP) is 3.97. The quantitative estimate of drug-likeness (QED) is 0.546. The van der Waals surface area contributed by atoms with Gasteiger partial charge in [0, 0.05) is 0 Å². The molecule has 4 atom stereocenters. The summed E-state index contributed by atoms with van der Waals surface area (Å²) in [4.78, 5) is 0. The van der Waals surface area contributed by atoms with Gasteiger partial charge in [-0.2, -0.15) is 0 Å². The number of allylic oxidation sites excluding steroid dienone is 6. The van der Waals surface area contributed by atoms with E-state index in [1.807, 2.05) is 0 Å². The average molecular weight is 188 g/mol. The highest BCUT2D eigenvalue weighted by molar-refractivity contribution is 5.16. The van der Waals surface area contributed by atoms with Crippen LogP contribution in [-0.2, 0) is 0 Å². The molecule has 2 aliphatic rings. The summed E-state index contributed by atoms with van der Waals surface area (Å²) in [5.74, 6) is 3.27. The van der Waals surface area contributed by atoms with Crippen molar-refractivity contribution in [3.8, 4) is 0 Å². The first-order valence-corrected chi connectivity index (χ1v) is 5.79. The van der Waals surface area contributed by atoms with Crippen LogP contribution < -0.4 is 0 Å². The summed E-state index contributed by atoms with van der Waals surface area (Å²) in [5, 5.41) is 0. The molecule has 1 saturated carbocycles. The summed E-state index contributed by atoms with van der Waals surface area (Å²) in [6.45, 7) is 4.53. The molecule has 0 nitrogen and oxygen atoms in total. The normalized spacial score (nSPS) is 41.6. The van der Waals surface area contributed by atoms with Crippen LogP contribution in [0.4, 0.5) is 0 Å². The van der Waals surface area contributed by atoms with E-state index < -0.39 is 0 Å². The summed E-state index contributed by atoms with van der Waals surface area (Å²) in [6, 6.07) is 0. The predicted molar refractivity (Wildman–Crippen MR) is 62.0 cm³/mol. The molecule has 1 fully saturated rings. The molecule has 76 valence electrons. The highest BCUT2D eigenvalue weighted by Gasteiger charge is 2.31. The number of rotatable bonds is 1. The molecule has 0 aromatic heterocycles. The fraction of sp³-hybridized carbons (Fsp3) is 0.571. The lowest BCUT2D eigenvalue weighted by atomic mass is 9.67. The largest absolute Gasteiger partial charge is 0.0914 e. The van der Waals surface area contributed by atoms with E-state index in [0.29, 0.717) is 0 Å². The Kier molecular flexibility index (Phi) is 2.90. The van der Waals surface area contributed by atoms with Crippen LogP contribution in [0.3, 0.4) is 0 Å². The van der Waals surface area contributed by atoms with Crippen molar-refractivity contribution in [1.29, 1.82) is 0 Å². The molecule has 0 aliphatic heterocycles. The lowest BCUT2D eigenvalue weighted by Crippen LogP contribution is -2.28. The molecular weight excluding hydrogens is 168 g/mol. The Morgan fingerprint density at radius 3 is 2.36 bits per heavy atom. The van der Waals surface area contributed by atoms with Gasteiger partial charge in [-0.1, -0.05) is 43.4 Å². The molecule has 0 heterocycles. The van der Waals surface area contributed by atoms with Crippen LogP contribution in [-0.4, -0.2) is 0 Å². The van der Waals surface area contributed by atoms with Crippen molar-refractivity contribution < 1.29 is 0 Å². The van der Waals surface area contributed by atoms with Gasteiger partial charge in [0.15, 0.2) is 0 Å². The molecule has 14 heavy (non-hydrogen) atoms. The molecule has 2 aliphatic carbocycles. The molecule has 0 saturated heterocycles. The molecular formula is C14H20. The third kappa shape index (κ3) is 1.84. The molecule has 0 N–H and O–H groups in total. The Balaban J connectivity index is 2.08. The van der Waals surface area contributed by atoms with E-state index in [1.54, 1.807) is 0 Å². The molecule has 0 amide bonds. The minimum Gasteiger partial charge on any atom is -0.0914 e. The number of fused-ring (bicyclic) bond motifs is 1. The van der Waals surface area contributed by atoms with Gasteiger partial charge in [-0.3, -0.25) is 0 Å². The van der Waals surface area contributed by atoms with E-state index in [2.05, 4.69) is 50.3 Å². The van der Waals surface area contributed by atoms with Gasteiger partial charge >= 0.3 is 0 Å². The third-order valence-electron chi connectivity index (χ3n) is 3.74. The van der Waals surface area contributed by atoms with Gasteiger partial charge in [0.05, 0.1) is 0 Å². The zero-order valence-corrected chi connectivity index (χ0v) is 9.19. The Morgan fingerprint density at radius 1 is 1.07 bits per heavy atom. The van der Waals surface area contributed by atoms with Crippen LogP contribution >= 0.6 is 0 Å². The van der Waals surface area contributed by atoms with E-state index in [4.69, 9.17) is 0 Å². The minimum absolute atomic E-state index is 0.803. The van der Waals surface area contributed by atoms with Crippen molar-refractivity contribution in [2.45, 2.75) is 26.7 Å². The zero-order chi connectivity index (χ0) is 9.97. The Hall–Kier alpha value is -0.780. The molecule has 0 radical (unpaired) electrons. The molecule has 0 aromatic carbocycles. The third-order valence-corrected chi connectivity index (χ3v) is 3.74. The summed E-state index contributed by atoms with van der Waals surface area (Å²) in [6.07, 6.45) is 16.5. The number of hydrogen-bond donors (Lipinski definition) is 0. The summed E-state index contributed by atoms with van der Waals surface area (Å²) in [5.41, 5.74) is 0. The van der Waals surface area contributed by atoms with E-state index in [-0.39, 0.29) is 0 Å². The summed E-state index contributed by atoms with van der Waals surface area (Å²) >= 11 is 0. The molecule has 0 spiro atoms. The SMILES string of the molecule is C/C=C\C1CC2C=CC=CC2CC1C. The van der Waals surface area contributed by atoms with Gasteiger partial charge in [0.1, 0.15) is 0 Å². The van der Waals surface area contributed by atoms with Gasteiger partial charge in [0.25, 0.3) is 0 Å². The Labute approximate surface area is 87.4 Å². The smallest absolute Gasteiger partial charge is 0.0161 e. The van der Waals surface area contributed by atoms with Gasteiger partial charge in [0.2, 0.25) is 0 Å². The van der Waals surface area contributed by atoms with E-state index >= 15 is 0 Å². The highest BCUT2D eigenvalue weighted by atomic mass is 14.4. The maximum absolute atomic E-state index is 2.40. The molecule has 0 heteroatoms. The lowest BCUT2D eigenvalue weighted by Gasteiger charge is -2.37. The fourth-order valence-electron chi connectivity index (χ4n) is 2.87. The Bertz CT molecular complexity index is 270. The van der Waals surface area contributed by atoms with Crippen LogP contribution in [0.5, 0.6) is 0 Å². The summed E-state index contributed by atoms with van der Waals surface area (Å²) in [7, 11) is 0. The topological polar surface area (TPSA) is 0 Å². The monoisotopic (exact) mass is 188 g/mol. The second-order valence-corrected chi connectivity index (χ2v) is 4.74. The van der Waals surface area contributed by atoms with Gasteiger partial charge < -0.3 is 0 Å². The van der Waals surface area contributed by atoms with Crippen LogP contribution in [0.15, 0.2) is 36.5 Å². The molecule has 4 unspecified atom stereocenters. The first-order valence-electron chi connectivity index (χ1n) is 5.79. The zero-order valence-electron chi connectivity index (χ0n) is 9.19. The van der Waals surface area contributed by atoms with Crippen molar-refractivity contribution in [1.82, 2.24) is 0 Å². The second kappa shape index (κ2) is 4.16. The molecule has 0 bridgehead atoms. The molecule has 0 aromatic rings. The number of hydrogen-bond acceptors (Lipinski definition) is 0. The van der Waals surface area contributed by atoms with Crippen LogP contribution in [0.1, 0.15) is 26.7 Å². The standard InChI is InChI=1S/C14H20/c1-3-6-12-10-14-8-5-4-7-13(14)9-11(12)2/h3-8,11-14H,9-10H2,1-2H3/b6-3-. The van der Waals surface area contributed by atoms with Crippen LogP contribution in [0.2, 0.25) is 0 Å². The van der Waals surface area contributed by atoms with Crippen LogP contribution in [0.25, 0.3) is 0 Å². The fourth-order valence-corrected chi connectivity index (χ4v) is 2.87.